The van der Waals surface area contributed by atoms with E-state index in [0.717, 1.165) is 17.1 Å². The Balaban J connectivity index is 0.000000135. The second kappa shape index (κ2) is 24.6. The molecule has 504 valence electrons. The first-order chi connectivity index (χ1) is 53.6. The Labute approximate surface area is 622 Å². The number of benzene rings is 17. The minimum absolute atomic E-state index is 1.14. The maximum atomic E-state index is 2.43. The molecule has 0 aliphatic heterocycles. The third-order valence-corrected chi connectivity index (χ3v) is 22.4. The molecule has 0 aliphatic rings. The monoisotopic (exact) mass is 1370 g/mol. The number of hydrogen-bond donors (Lipinski definition) is 0. The van der Waals surface area contributed by atoms with Gasteiger partial charge in [-0.1, -0.05) is 231 Å². The molecule has 0 fully saturated rings. The lowest BCUT2D eigenvalue weighted by atomic mass is 10.0. The highest BCUT2D eigenvalue weighted by Crippen LogP contribution is 2.44. The zero-order valence-electron chi connectivity index (χ0n) is 58.8. The van der Waals surface area contributed by atoms with Crippen molar-refractivity contribution >= 4 is 131 Å². The fourth-order valence-electron chi connectivity index (χ4n) is 17.7. The molecule has 108 heavy (non-hydrogen) atoms. The van der Waals surface area contributed by atoms with Crippen molar-refractivity contribution < 1.29 is 0 Å². The van der Waals surface area contributed by atoms with Gasteiger partial charge in [0.2, 0.25) is 0 Å². The van der Waals surface area contributed by atoms with Crippen LogP contribution < -0.4 is 0 Å². The molecular formula is C102H66N6. The molecule has 0 unspecified atom stereocenters. The predicted molar refractivity (Wildman–Crippen MR) is 455 cm³/mol. The van der Waals surface area contributed by atoms with Gasteiger partial charge in [-0.15, -0.1) is 0 Å². The molecule has 0 spiro atoms. The third kappa shape index (κ3) is 9.60. The Morgan fingerprint density at radius 1 is 0.102 bits per heavy atom. The van der Waals surface area contributed by atoms with Crippen molar-refractivity contribution in [3.8, 4) is 67.5 Å². The van der Waals surface area contributed by atoms with Crippen molar-refractivity contribution in [2.75, 3.05) is 0 Å². The van der Waals surface area contributed by atoms with E-state index >= 15 is 0 Å². The van der Waals surface area contributed by atoms with Crippen molar-refractivity contribution in [1.29, 1.82) is 0 Å². The van der Waals surface area contributed by atoms with E-state index in [-0.39, 0.29) is 0 Å². The van der Waals surface area contributed by atoms with Gasteiger partial charge in [0.1, 0.15) is 0 Å². The fraction of sp³-hybridized carbons (Fsp3) is 0. The summed E-state index contributed by atoms with van der Waals surface area (Å²) in [5, 5.41) is 15.1. The molecule has 0 radical (unpaired) electrons. The first-order valence-corrected chi connectivity index (χ1v) is 37.1. The van der Waals surface area contributed by atoms with Gasteiger partial charge in [0, 0.05) is 98.8 Å². The summed E-state index contributed by atoms with van der Waals surface area (Å²) < 4.78 is 14.4. The lowest BCUT2D eigenvalue weighted by Crippen LogP contribution is -1.98. The van der Waals surface area contributed by atoms with Crippen LogP contribution in [0.2, 0.25) is 0 Å². The van der Waals surface area contributed by atoms with Gasteiger partial charge in [0.05, 0.1) is 66.2 Å². The van der Waals surface area contributed by atoms with Crippen molar-refractivity contribution in [2.24, 2.45) is 0 Å². The van der Waals surface area contributed by atoms with E-state index in [1.165, 1.54) is 181 Å². The van der Waals surface area contributed by atoms with E-state index < -0.39 is 0 Å². The summed E-state index contributed by atoms with van der Waals surface area (Å²) in [6, 6.07) is 146. The van der Waals surface area contributed by atoms with E-state index in [4.69, 9.17) is 0 Å². The molecule has 0 atom stereocenters. The number of rotatable bonds is 9. The average molecular weight is 1380 g/mol. The molecule has 0 saturated carbocycles. The Morgan fingerprint density at radius 2 is 0.278 bits per heavy atom. The smallest absolute Gasteiger partial charge is 0.0541 e. The van der Waals surface area contributed by atoms with Crippen LogP contribution in [0.4, 0.5) is 0 Å². The van der Waals surface area contributed by atoms with E-state index in [1.807, 2.05) is 0 Å². The Morgan fingerprint density at radius 3 is 0.537 bits per heavy atom. The van der Waals surface area contributed by atoms with Gasteiger partial charge in [0.25, 0.3) is 0 Å². The van der Waals surface area contributed by atoms with Crippen LogP contribution in [-0.2, 0) is 0 Å². The van der Waals surface area contributed by atoms with Crippen molar-refractivity contribution in [3.63, 3.8) is 0 Å². The number of nitrogens with zero attached hydrogens (tertiary/aromatic N) is 6. The number of aromatic nitrogens is 6. The minimum Gasteiger partial charge on any atom is -0.309 e. The lowest BCUT2D eigenvalue weighted by molar-refractivity contribution is 1.13. The molecule has 0 saturated heterocycles. The van der Waals surface area contributed by atoms with E-state index in [9.17, 15) is 0 Å². The van der Waals surface area contributed by atoms with Gasteiger partial charge in [-0.25, -0.2) is 0 Å². The van der Waals surface area contributed by atoms with Gasteiger partial charge < -0.3 is 27.4 Å². The van der Waals surface area contributed by atoms with Gasteiger partial charge in [-0.3, -0.25) is 0 Å². The van der Waals surface area contributed by atoms with Crippen molar-refractivity contribution in [3.05, 3.63) is 400 Å². The second-order valence-corrected chi connectivity index (χ2v) is 28.4. The summed E-state index contributed by atoms with van der Waals surface area (Å²) in [4.78, 5) is 0. The van der Waals surface area contributed by atoms with Crippen LogP contribution in [0.1, 0.15) is 0 Å². The Kier molecular flexibility index (Phi) is 13.9. The zero-order chi connectivity index (χ0) is 70.9. The van der Waals surface area contributed by atoms with Crippen LogP contribution in [0.15, 0.2) is 400 Å². The van der Waals surface area contributed by atoms with Crippen LogP contribution in [0.3, 0.4) is 0 Å². The standard InChI is InChI=1S/C54H35N3.C48H31N3/c1-3-15-40(16-4-1)55-49-23-10-7-20-43(49)46-33-37(26-29-52(46)55)36-14-13-19-42(32-36)57-51-25-12-9-22-45(51)48-35-39(28-31-54(48)57)38-27-30-53-47(34-38)44-21-8-11-24-50(44)56(53)41-17-5-2-6-18-41;1-2-13-34(14-3-1)49-45-23-10-6-19-39(45)41-29-32(25-27-47(41)49)33-26-28-48-42(30-33)40-20-7-11-24-46(40)51(48)36-16-12-15-35(31-36)50-43-21-8-4-17-37(43)38-18-5-9-22-44(38)50/h1-35H;1-31H. The Hall–Kier alpha value is -14.5. The molecule has 0 amide bonds. The van der Waals surface area contributed by atoms with E-state index in [2.05, 4.69) is 428 Å². The number of hydrogen-bond acceptors (Lipinski definition) is 0. The first kappa shape index (κ1) is 61.1. The summed E-state index contributed by atoms with van der Waals surface area (Å²) in [5.41, 5.74) is 28.7. The van der Waals surface area contributed by atoms with E-state index in [0.29, 0.717) is 0 Å². The lowest BCUT2D eigenvalue weighted by Gasteiger charge is -2.13. The normalized spacial score (nSPS) is 11.9. The molecule has 23 rings (SSSR count). The average Bonchev–Trinajstić information content (AvgIpc) is 1.59. The van der Waals surface area contributed by atoms with Crippen molar-refractivity contribution in [2.45, 2.75) is 0 Å². The minimum atomic E-state index is 1.14. The largest absolute Gasteiger partial charge is 0.309 e. The fourth-order valence-corrected chi connectivity index (χ4v) is 17.7. The predicted octanol–water partition coefficient (Wildman–Crippen LogP) is 27.0. The summed E-state index contributed by atoms with van der Waals surface area (Å²) in [6.07, 6.45) is 0. The summed E-state index contributed by atoms with van der Waals surface area (Å²) in [6.45, 7) is 0. The molecule has 0 aliphatic carbocycles. The SMILES string of the molecule is c1ccc(-n2c3ccccc3c3cc(-c4ccc5c(c4)c4ccccc4n5-c4cccc(-n5c6ccccc6c6ccccc65)c4)ccc32)cc1.c1ccc(-n2c3ccccc3c3cc(-c4cccc(-n5c6ccccc6c6cc(-c7ccc8c(c7)c7ccccc7n8-c7ccccc7)ccc65)c4)ccc32)cc1. The molecule has 0 bridgehead atoms. The molecule has 6 aromatic heterocycles. The van der Waals surface area contributed by atoms with Crippen LogP contribution in [0.25, 0.3) is 198 Å². The second-order valence-electron chi connectivity index (χ2n) is 28.4. The summed E-state index contributed by atoms with van der Waals surface area (Å²) in [7, 11) is 0. The number of para-hydroxylation sites is 10. The molecule has 6 heterocycles. The van der Waals surface area contributed by atoms with Crippen LogP contribution in [0, 0.1) is 0 Å². The molecule has 6 nitrogen and oxygen atoms in total. The highest BCUT2D eigenvalue weighted by atomic mass is 15.0. The quantitative estimate of drug-likeness (QED) is 0.138. The molecule has 6 heteroatoms. The maximum Gasteiger partial charge on any atom is 0.0541 e. The highest BCUT2D eigenvalue weighted by Gasteiger charge is 2.22. The molecule has 0 N–H and O–H groups in total. The molecule has 17 aromatic carbocycles. The first-order valence-electron chi connectivity index (χ1n) is 37.1. The molecule has 23 aromatic rings. The van der Waals surface area contributed by atoms with Gasteiger partial charge in [-0.2, -0.15) is 0 Å². The van der Waals surface area contributed by atoms with Crippen LogP contribution in [-0.4, -0.2) is 27.4 Å². The van der Waals surface area contributed by atoms with Crippen LogP contribution >= 0.6 is 0 Å². The highest BCUT2D eigenvalue weighted by molar-refractivity contribution is 6.16. The van der Waals surface area contributed by atoms with Gasteiger partial charge >= 0.3 is 0 Å². The zero-order valence-corrected chi connectivity index (χ0v) is 58.8. The van der Waals surface area contributed by atoms with Crippen LogP contribution in [0.5, 0.6) is 0 Å². The van der Waals surface area contributed by atoms with Gasteiger partial charge in [0.15, 0.2) is 0 Å². The van der Waals surface area contributed by atoms with E-state index in [1.54, 1.807) is 0 Å². The maximum absolute atomic E-state index is 2.43. The van der Waals surface area contributed by atoms with Gasteiger partial charge in [-0.05, 0) is 203 Å². The summed E-state index contributed by atoms with van der Waals surface area (Å²) >= 11 is 0. The number of fused-ring (bicyclic) bond motifs is 18. The van der Waals surface area contributed by atoms with Crippen molar-refractivity contribution in [1.82, 2.24) is 27.4 Å². The summed E-state index contributed by atoms with van der Waals surface area (Å²) in [5.74, 6) is 0. The molecular weight excluding hydrogens is 1310 g/mol. The Bertz CT molecular complexity index is 7490. The third-order valence-electron chi connectivity index (χ3n) is 22.4. The topological polar surface area (TPSA) is 29.6 Å².